The number of carbonyl (C=O) groups excluding carboxylic acids is 2. The number of benzene rings is 1. The van der Waals surface area contributed by atoms with Crippen molar-refractivity contribution in [2.75, 3.05) is 25.0 Å². The average molecular weight is 508 g/mol. The van der Waals surface area contributed by atoms with Crippen LogP contribution in [-0.4, -0.2) is 62.4 Å². The number of nitrogens with one attached hydrogen (secondary N) is 1. The van der Waals surface area contributed by atoms with Crippen LogP contribution in [0.2, 0.25) is 0 Å². The standard InChI is InChI=1S/C27H30FN5O4/c1-18(25(35)30-23-11-10-22(15-29-23)37-21-8-6-20(28)7-9-21)32-13-14-33(27(2,3)17-32)26(36)19-5-12-24(34)31(4)16-19/h5-12,15-16,18H,13-14,17H2,1-4H3,(H,29,30,35)/t18-/m1/s1. The van der Waals surface area contributed by atoms with Gasteiger partial charge in [0.15, 0.2) is 0 Å². The van der Waals surface area contributed by atoms with Gasteiger partial charge in [-0.2, -0.15) is 0 Å². The zero-order valence-electron chi connectivity index (χ0n) is 21.3. The number of halogens is 1. The molecule has 2 aromatic heterocycles. The van der Waals surface area contributed by atoms with Gasteiger partial charge in [0.2, 0.25) is 11.5 Å². The molecule has 1 aliphatic rings. The number of rotatable bonds is 6. The van der Waals surface area contributed by atoms with Gasteiger partial charge in [-0.25, -0.2) is 9.37 Å². The zero-order valence-corrected chi connectivity index (χ0v) is 21.3. The molecule has 1 atom stereocenters. The number of hydrogen-bond acceptors (Lipinski definition) is 6. The summed E-state index contributed by atoms with van der Waals surface area (Å²) in [5.74, 6) is 0.603. The van der Waals surface area contributed by atoms with E-state index < -0.39 is 11.6 Å². The van der Waals surface area contributed by atoms with Gasteiger partial charge in [0.1, 0.15) is 23.1 Å². The molecule has 2 amide bonds. The number of ether oxygens (including phenoxy) is 1. The molecule has 3 aromatic rings. The summed E-state index contributed by atoms with van der Waals surface area (Å²) in [6, 6.07) is 11.4. The molecule has 1 saturated heterocycles. The van der Waals surface area contributed by atoms with E-state index >= 15 is 0 Å². The molecule has 1 N–H and O–H groups in total. The normalized spacial score (nSPS) is 16.2. The van der Waals surface area contributed by atoms with E-state index in [0.29, 0.717) is 42.5 Å². The summed E-state index contributed by atoms with van der Waals surface area (Å²) < 4.78 is 20.1. The van der Waals surface area contributed by atoms with Crippen LogP contribution in [0.4, 0.5) is 10.2 Å². The van der Waals surface area contributed by atoms with Crippen LogP contribution >= 0.6 is 0 Å². The maximum Gasteiger partial charge on any atom is 0.255 e. The molecule has 1 aliphatic heterocycles. The smallest absolute Gasteiger partial charge is 0.255 e. The number of carbonyl (C=O) groups is 2. The van der Waals surface area contributed by atoms with Crippen molar-refractivity contribution in [3.63, 3.8) is 0 Å². The van der Waals surface area contributed by atoms with E-state index in [2.05, 4.69) is 10.3 Å². The molecule has 10 heteroatoms. The fourth-order valence-electron chi connectivity index (χ4n) is 4.33. The van der Waals surface area contributed by atoms with E-state index in [-0.39, 0.29) is 23.2 Å². The molecule has 37 heavy (non-hydrogen) atoms. The number of pyridine rings is 2. The first-order chi connectivity index (χ1) is 17.5. The molecule has 0 saturated carbocycles. The summed E-state index contributed by atoms with van der Waals surface area (Å²) in [6.07, 6.45) is 3.03. The molecule has 9 nitrogen and oxygen atoms in total. The van der Waals surface area contributed by atoms with E-state index in [1.165, 1.54) is 41.1 Å². The van der Waals surface area contributed by atoms with Gasteiger partial charge >= 0.3 is 0 Å². The number of piperazine rings is 1. The van der Waals surface area contributed by atoms with Crippen molar-refractivity contribution >= 4 is 17.6 Å². The molecule has 0 radical (unpaired) electrons. The molecule has 0 spiro atoms. The van der Waals surface area contributed by atoms with Gasteiger partial charge in [0.05, 0.1) is 23.3 Å². The number of nitrogens with zero attached hydrogens (tertiary/aromatic N) is 4. The molecular formula is C27H30FN5O4. The van der Waals surface area contributed by atoms with Crippen LogP contribution < -0.4 is 15.6 Å². The fraction of sp³-hybridized carbons (Fsp3) is 0.333. The lowest BCUT2D eigenvalue weighted by atomic mass is 9.96. The predicted octanol–water partition coefficient (Wildman–Crippen LogP) is 3.28. The number of aryl methyl sites for hydroxylation is 1. The molecule has 194 valence electrons. The highest BCUT2D eigenvalue weighted by Crippen LogP contribution is 2.25. The van der Waals surface area contributed by atoms with Crippen molar-refractivity contribution in [1.82, 2.24) is 19.4 Å². The molecule has 1 fully saturated rings. The maximum atomic E-state index is 13.2. The largest absolute Gasteiger partial charge is 0.456 e. The first-order valence-electron chi connectivity index (χ1n) is 12.0. The summed E-state index contributed by atoms with van der Waals surface area (Å²) in [7, 11) is 1.61. The second-order valence-electron chi connectivity index (χ2n) is 9.71. The van der Waals surface area contributed by atoms with Gasteiger partial charge in [-0.3, -0.25) is 19.3 Å². The number of hydrogen-bond donors (Lipinski definition) is 1. The van der Waals surface area contributed by atoms with Gasteiger partial charge in [0.25, 0.3) is 5.91 Å². The van der Waals surface area contributed by atoms with E-state index in [1.807, 2.05) is 25.7 Å². The molecule has 0 bridgehead atoms. The Labute approximate surface area is 214 Å². The van der Waals surface area contributed by atoms with Gasteiger partial charge in [-0.05, 0) is 63.2 Å². The van der Waals surface area contributed by atoms with Crippen LogP contribution in [-0.2, 0) is 11.8 Å². The van der Waals surface area contributed by atoms with Crippen LogP contribution in [0.25, 0.3) is 0 Å². The third-order valence-corrected chi connectivity index (χ3v) is 6.47. The van der Waals surface area contributed by atoms with E-state index in [0.717, 1.165) is 0 Å². The van der Waals surface area contributed by atoms with Crippen LogP contribution in [0.1, 0.15) is 31.1 Å². The van der Waals surface area contributed by atoms with Crippen LogP contribution in [0.5, 0.6) is 11.5 Å². The highest BCUT2D eigenvalue weighted by Gasteiger charge is 2.39. The molecule has 1 aromatic carbocycles. The van der Waals surface area contributed by atoms with Crippen molar-refractivity contribution in [3.05, 3.63) is 82.7 Å². The Morgan fingerprint density at radius 1 is 1.05 bits per heavy atom. The van der Waals surface area contributed by atoms with Gasteiger partial charge in [-0.15, -0.1) is 0 Å². The summed E-state index contributed by atoms with van der Waals surface area (Å²) in [5, 5.41) is 2.83. The van der Waals surface area contributed by atoms with Gasteiger partial charge in [0, 0.05) is 38.9 Å². The average Bonchev–Trinajstić information content (AvgIpc) is 2.86. The van der Waals surface area contributed by atoms with Crippen LogP contribution in [0, 0.1) is 5.82 Å². The lowest BCUT2D eigenvalue weighted by Crippen LogP contribution is -2.63. The second-order valence-corrected chi connectivity index (χ2v) is 9.71. The minimum Gasteiger partial charge on any atom is -0.456 e. The summed E-state index contributed by atoms with van der Waals surface area (Å²) in [6.45, 7) is 7.21. The van der Waals surface area contributed by atoms with E-state index in [1.54, 1.807) is 36.3 Å². The minimum absolute atomic E-state index is 0.149. The van der Waals surface area contributed by atoms with Crippen LogP contribution in [0.3, 0.4) is 0 Å². The number of anilines is 1. The Morgan fingerprint density at radius 3 is 2.38 bits per heavy atom. The summed E-state index contributed by atoms with van der Waals surface area (Å²) in [4.78, 5) is 45.9. The lowest BCUT2D eigenvalue weighted by molar-refractivity contribution is -0.122. The monoisotopic (exact) mass is 507 g/mol. The first kappa shape index (κ1) is 26.0. The third kappa shape index (κ3) is 6.03. The first-order valence-corrected chi connectivity index (χ1v) is 12.0. The number of amides is 2. The van der Waals surface area contributed by atoms with E-state index in [4.69, 9.17) is 4.74 Å². The molecule has 3 heterocycles. The highest BCUT2D eigenvalue weighted by atomic mass is 19.1. The van der Waals surface area contributed by atoms with Crippen molar-refractivity contribution in [2.45, 2.75) is 32.4 Å². The molecular weight excluding hydrogens is 477 g/mol. The Bertz CT molecular complexity index is 1340. The Morgan fingerprint density at radius 2 is 1.76 bits per heavy atom. The van der Waals surface area contributed by atoms with Crippen LogP contribution in [0.15, 0.2) is 65.7 Å². The number of aromatic nitrogens is 2. The quantitative estimate of drug-likeness (QED) is 0.550. The minimum atomic E-state index is -0.532. The summed E-state index contributed by atoms with van der Waals surface area (Å²) >= 11 is 0. The SMILES string of the molecule is C[C@H](C(=O)Nc1ccc(Oc2ccc(F)cc2)cn1)N1CCN(C(=O)c2ccc(=O)n(C)c2)C(C)(C)C1. The Hall–Kier alpha value is -4.05. The van der Waals surface area contributed by atoms with Crippen molar-refractivity contribution < 1.29 is 18.7 Å². The van der Waals surface area contributed by atoms with E-state index in [9.17, 15) is 18.8 Å². The Balaban J connectivity index is 1.35. The Kier molecular flexibility index (Phi) is 7.40. The zero-order chi connectivity index (χ0) is 26.7. The van der Waals surface area contributed by atoms with Crippen molar-refractivity contribution in [1.29, 1.82) is 0 Å². The highest BCUT2D eigenvalue weighted by molar-refractivity contribution is 5.95. The van der Waals surface area contributed by atoms with Gasteiger partial charge in [-0.1, -0.05) is 0 Å². The maximum absolute atomic E-state index is 13.2. The third-order valence-electron chi connectivity index (χ3n) is 6.47. The molecule has 0 aliphatic carbocycles. The summed E-state index contributed by atoms with van der Waals surface area (Å²) in [5.41, 5.74) is -0.256. The second kappa shape index (κ2) is 10.5. The van der Waals surface area contributed by atoms with Crippen molar-refractivity contribution in [3.8, 4) is 11.5 Å². The van der Waals surface area contributed by atoms with Crippen molar-refractivity contribution in [2.24, 2.45) is 7.05 Å². The lowest BCUT2D eigenvalue weighted by Gasteiger charge is -2.48. The molecule has 0 unspecified atom stereocenters. The fourth-order valence-corrected chi connectivity index (χ4v) is 4.33. The predicted molar refractivity (Wildman–Crippen MR) is 137 cm³/mol. The van der Waals surface area contributed by atoms with Gasteiger partial charge < -0.3 is 19.5 Å². The molecule has 4 rings (SSSR count). The topological polar surface area (TPSA) is 96.8 Å².